The van der Waals surface area contributed by atoms with Crippen LogP contribution in [-0.2, 0) is 22.4 Å². The minimum absolute atomic E-state index is 0.346. The maximum atomic E-state index is 11.8. The molecule has 0 radical (unpaired) electrons. The van der Waals surface area contributed by atoms with Gasteiger partial charge in [0.05, 0.1) is 6.26 Å². The molecular formula is C18H17NO3. The molecule has 0 saturated heterocycles. The first-order chi connectivity index (χ1) is 10.7. The Hall–Kier alpha value is -2.62. The second-order valence-corrected chi connectivity index (χ2v) is 5.10. The number of nitrogens with zero attached hydrogens (tertiary/aromatic N) is 1. The lowest BCUT2D eigenvalue weighted by atomic mass is 10.1. The number of ether oxygens (including phenoxy) is 1. The zero-order chi connectivity index (χ0) is 15.4. The van der Waals surface area contributed by atoms with Crippen LogP contribution in [-0.4, -0.2) is 11.9 Å². The normalized spacial score (nSPS) is 16.0. The van der Waals surface area contributed by atoms with Crippen LogP contribution in [0.25, 0.3) is 6.08 Å². The highest BCUT2D eigenvalue weighted by atomic mass is 16.6. The standard InChI is InChI=1S/C18H17NO3/c1-2-13-5-7-14(8-6-13)12-16-18(20)22-17(19-16)10-9-15-4-3-11-21-15/h3-8,11-12H,2,9-10H2,1H3/b16-12+. The number of aliphatic imine (C=N–C) groups is 1. The quantitative estimate of drug-likeness (QED) is 0.623. The lowest BCUT2D eigenvalue weighted by molar-refractivity contribution is -0.130. The molecule has 0 N–H and O–H groups in total. The third-order valence-electron chi connectivity index (χ3n) is 3.52. The number of esters is 1. The van der Waals surface area contributed by atoms with Gasteiger partial charge in [-0.25, -0.2) is 9.79 Å². The Morgan fingerprint density at radius 2 is 1.95 bits per heavy atom. The smallest absolute Gasteiger partial charge is 0.363 e. The fraction of sp³-hybridized carbons (Fsp3) is 0.222. The molecule has 1 aromatic carbocycles. The van der Waals surface area contributed by atoms with Crippen molar-refractivity contribution in [3.8, 4) is 0 Å². The van der Waals surface area contributed by atoms with Gasteiger partial charge in [0, 0.05) is 12.8 Å². The van der Waals surface area contributed by atoms with E-state index in [0.717, 1.165) is 17.7 Å². The lowest BCUT2D eigenvalue weighted by Gasteiger charge is -1.97. The van der Waals surface area contributed by atoms with Crippen molar-refractivity contribution < 1.29 is 13.9 Å². The summed E-state index contributed by atoms with van der Waals surface area (Å²) >= 11 is 0. The molecule has 0 fully saturated rings. The molecule has 4 heteroatoms. The summed E-state index contributed by atoms with van der Waals surface area (Å²) in [7, 11) is 0. The van der Waals surface area contributed by atoms with Crippen molar-refractivity contribution in [1.29, 1.82) is 0 Å². The molecule has 1 aromatic heterocycles. The molecule has 0 spiro atoms. The fourth-order valence-corrected chi connectivity index (χ4v) is 2.25. The molecule has 1 aliphatic rings. The number of cyclic esters (lactones) is 1. The van der Waals surface area contributed by atoms with Crippen LogP contribution in [0.5, 0.6) is 0 Å². The van der Waals surface area contributed by atoms with Crippen molar-refractivity contribution in [2.75, 3.05) is 0 Å². The molecule has 112 valence electrons. The van der Waals surface area contributed by atoms with Crippen molar-refractivity contribution in [3.63, 3.8) is 0 Å². The first-order valence-corrected chi connectivity index (χ1v) is 7.37. The van der Waals surface area contributed by atoms with E-state index in [9.17, 15) is 4.79 Å². The van der Waals surface area contributed by atoms with Crippen molar-refractivity contribution in [2.45, 2.75) is 26.2 Å². The average molecular weight is 295 g/mol. The number of rotatable bonds is 5. The van der Waals surface area contributed by atoms with E-state index in [1.807, 2.05) is 36.4 Å². The Balaban J connectivity index is 1.69. The maximum absolute atomic E-state index is 11.8. The third-order valence-corrected chi connectivity index (χ3v) is 3.52. The Kier molecular flexibility index (Phi) is 4.19. The highest BCUT2D eigenvalue weighted by Gasteiger charge is 2.22. The molecule has 0 bridgehead atoms. The zero-order valence-corrected chi connectivity index (χ0v) is 12.4. The van der Waals surface area contributed by atoms with Crippen LogP contribution in [0.1, 0.15) is 30.2 Å². The Bertz CT molecular complexity index is 709. The van der Waals surface area contributed by atoms with Gasteiger partial charge in [-0.15, -0.1) is 0 Å². The van der Waals surface area contributed by atoms with Gasteiger partial charge in [-0.1, -0.05) is 31.2 Å². The minimum atomic E-state index is -0.394. The summed E-state index contributed by atoms with van der Waals surface area (Å²) < 4.78 is 10.4. The maximum Gasteiger partial charge on any atom is 0.363 e. The number of aryl methyl sites for hydroxylation is 2. The van der Waals surface area contributed by atoms with E-state index >= 15 is 0 Å². The molecule has 22 heavy (non-hydrogen) atoms. The number of furan rings is 1. The van der Waals surface area contributed by atoms with Crippen molar-refractivity contribution in [1.82, 2.24) is 0 Å². The summed E-state index contributed by atoms with van der Waals surface area (Å²) in [6, 6.07) is 11.8. The second-order valence-electron chi connectivity index (χ2n) is 5.10. The average Bonchev–Trinajstić information content (AvgIpc) is 3.16. The second kappa shape index (κ2) is 6.43. The van der Waals surface area contributed by atoms with E-state index in [1.54, 1.807) is 12.3 Å². The lowest BCUT2D eigenvalue weighted by Crippen LogP contribution is -2.04. The Morgan fingerprint density at radius 1 is 1.14 bits per heavy atom. The fourth-order valence-electron chi connectivity index (χ4n) is 2.25. The van der Waals surface area contributed by atoms with E-state index in [2.05, 4.69) is 11.9 Å². The van der Waals surface area contributed by atoms with E-state index in [0.29, 0.717) is 24.4 Å². The van der Waals surface area contributed by atoms with Crippen molar-refractivity contribution in [3.05, 3.63) is 65.2 Å². The van der Waals surface area contributed by atoms with Crippen molar-refractivity contribution >= 4 is 17.9 Å². The van der Waals surface area contributed by atoms with Gasteiger partial charge < -0.3 is 9.15 Å². The highest BCUT2D eigenvalue weighted by Crippen LogP contribution is 2.18. The third kappa shape index (κ3) is 3.34. The number of hydrogen-bond acceptors (Lipinski definition) is 4. The van der Waals surface area contributed by atoms with Gasteiger partial charge in [0.25, 0.3) is 0 Å². The molecule has 3 rings (SSSR count). The monoisotopic (exact) mass is 295 g/mol. The van der Waals surface area contributed by atoms with Gasteiger partial charge in [-0.2, -0.15) is 0 Å². The Morgan fingerprint density at radius 3 is 2.64 bits per heavy atom. The molecule has 0 amide bonds. The first-order valence-electron chi connectivity index (χ1n) is 7.37. The summed E-state index contributed by atoms with van der Waals surface area (Å²) in [5.41, 5.74) is 2.55. The van der Waals surface area contributed by atoms with Crippen LogP contribution in [0.3, 0.4) is 0 Å². The number of carbonyl (C=O) groups excluding carboxylic acids is 1. The van der Waals surface area contributed by atoms with Crippen LogP contribution in [0.15, 0.2) is 57.8 Å². The summed E-state index contributed by atoms with van der Waals surface area (Å²) in [5.74, 6) is 0.901. The number of hydrogen-bond donors (Lipinski definition) is 0. The van der Waals surface area contributed by atoms with E-state index in [4.69, 9.17) is 9.15 Å². The van der Waals surface area contributed by atoms with Gasteiger partial charge in [-0.3, -0.25) is 0 Å². The van der Waals surface area contributed by atoms with Crippen LogP contribution in [0.2, 0.25) is 0 Å². The number of carbonyl (C=O) groups is 1. The molecule has 0 atom stereocenters. The van der Waals surface area contributed by atoms with Gasteiger partial charge in [-0.05, 0) is 35.8 Å². The van der Waals surface area contributed by atoms with Crippen molar-refractivity contribution in [2.24, 2.45) is 4.99 Å². The van der Waals surface area contributed by atoms with E-state index < -0.39 is 5.97 Å². The summed E-state index contributed by atoms with van der Waals surface area (Å²) in [6.45, 7) is 2.11. The van der Waals surface area contributed by atoms with E-state index in [1.165, 1.54) is 5.56 Å². The van der Waals surface area contributed by atoms with Gasteiger partial charge in [0.15, 0.2) is 11.6 Å². The summed E-state index contributed by atoms with van der Waals surface area (Å²) in [4.78, 5) is 16.1. The van der Waals surface area contributed by atoms with Crippen LogP contribution in [0.4, 0.5) is 0 Å². The molecule has 0 saturated carbocycles. The molecule has 0 aliphatic carbocycles. The molecule has 4 nitrogen and oxygen atoms in total. The largest absolute Gasteiger partial charge is 0.469 e. The first kappa shape index (κ1) is 14.3. The predicted molar refractivity (Wildman–Crippen MR) is 84.4 cm³/mol. The highest BCUT2D eigenvalue weighted by molar-refractivity contribution is 6.07. The minimum Gasteiger partial charge on any atom is -0.469 e. The van der Waals surface area contributed by atoms with Crippen LogP contribution in [0, 0.1) is 0 Å². The molecule has 2 aromatic rings. The summed E-state index contributed by atoms with van der Waals surface area (Å²) in [6.07, 6.45) is 5.59. The predicted octanol–water partition coefficient (Wildman–Crippen LogP) is 3.77. The summed E-state index contributed by atoms with van der Waals surface area (Å²) in [5, 5.41) is 0. The number of benzene rings is 1. The zero-order valence-electron chi connectivity index (χ0n) is 12.4. The SMILES string of the molecule is CCc1ccc(/C=C2/N=C(CCc3ccco3)OC2=O)cc1. The Labute approximate surface area is 129 Å². The molecule has 2 heterocycles. The molecular weight excluding hydrogens is 278 g/mol. The van der Waals surface area contributed by atoms with Crippen LogP contribution < -0.4 is 0 Å². The van der Waals surface area contributed by atoms with Gasteiger partial charge in [0.1, 0.15) is 5.76 Å². The van der Waals surface area contributed by atoms with Crippen LogP contribution >= 0.6 is 0 Å². The van der Waals surface area contributed by atoms with E-state index in [-0.39, 0.29) is 0 Å². The topological polar surface area (TPSA) is 51.8 Å². The van der Waals surface area contributed by atoms with Gasteiger partial charge in [0.2, 0.25) is 0 Å². The molecule has 1 aliphatic heterocycles. The van der Waals surface area contributed by atoms with Gasteiger partial charge >= 0.3 is 5.97 Å². The molecule has 0 unspecified atom stereocenters.